The number of rotatable bonds is 0. The minimum Gasteiger partial charge on any atom is -0.196 e. The number of nitriles is 1. The van der Waals surface area contributed by atoms with Crippen molar-refractivity contribution >= 4 is 17.7 Å². The quantitative estimate of drug-likeness (QED) is 0.576. The van der Waals surface area contributed by atoms with Crippen molar-refractivity contribution in [2.24, 2.45) is 0 Å². The second-order valence-corrected chi connectivity index (χ2v) is 3.75. The minimum atomic E-state index is -0.856. The molecular weight excluding hydrogens is 182 g/mol. The van der Waals surface area contributed by atoms with Gasteiger partial charge in [-0.1, -0.05) is 48.0 Å². The Morgan fingerprint density at radius 3 is 2.92 bits per heavy atom. The Hall–Kier alpha value is -1.26. The summed E-state index contributed by atoms with van der Waals surface area (Å²) >= 11 is 6.18. The Labute approximate surface area is 82.3 Å². The van der Waals surface area contributed by atoms with Gasteiger partial charge in [-0.15, -0.1) is 0 Å². The summed E-state index contributed by atoms with van der Waals surface area (Å²) in [4.78, 5) is -0.856. The molecular formula is C11H8ClN. The fraction of sp³-hybridized carbons (Fsp3) is 0.182. The average molecular weight is 190 g/mol. The summed E-state index contributed by atoms with van der Waals surface area (Å²) in [6.07, 6.45) is 4.54. The van der Waals surface area contributed by atoms with E-state index in [1.807, 2.05) is 36.4 Å². The van der Waals surface area contributed by atoms with E-state index in [9.17, 15) is 0 Å². The van der Waals surface area contributed by atoms with Crippen molar-refractivity contribution in [1.82, 2.24) is 0 Å². The SMILES string of the molecule is N#CC1(Cl)CC=Cc2ccccc21. The van der Waals surface area contributed by atoms with Crippen molar-refractivity contribution in [2.45, 2.75) is 11.3 Å². The molecule has 1 nitrogen and oxygen atoms in total. The molecule has 2 rings (SSSR count). The molecule has 1 atom stereocenters. The lowest BCUT2D eigenvalue weighted by Gasteiger charge is -2.23. The lowest BCUT2D eigenvalue weighted by Crippen LogP contribution is -2.18. The lowest BCUT2D eigenvalue weighted by molar-refractivity contribution is 0.778. The van der Waals surface area contributed by atoms with Gasteiger partial charge in [0.15, 0.2) is 4.87 Å². The van der Waals surface area contributed by atoms with Crippen LogP contribution in [0.3, 0.4) is 0 Å². The lowest BCUT2D eigenvalue weighted by atomic mass is 9.87. The molecule has 0 saturated carbocycles. The molecule has 1 unspecified atom stereocenters. The molecule has 0 heterocycles. The van der Waals surface area contributed by atoms with Crippen LogP contribution in [0.2, 0.25) is 0 Å². The van der Waals surface area contributed by atoms with E-state index in [4.69, 9.17) is 16.9 Å². The highest BCUT2D eigenvalue weighted by Gasteiger charge is 2.31. The second-order valence-electron chi connectivity index (χ2n) is 3.11. The summed E-state index contributed by atoms with van der Waals surface area (Å²) in [5.41, 5.74) is 1.96. The molecule has 0 radical (unpaired) electrons. The first-order valence-electron chi connectivity index (χ1n) is 4.12. The van der Waals surface area contributed by atoms with Crippen molar-refractivity contribution < 1.29 is 0 Å². The van der Waals surface area contributed by atoms with Crippen LogP contribution in [0, 0.1) is 11.3 Å². The number of halogens is 1. The molecule has 2 heteroatoms. The molecule has 1 aromatic rings. The van der Waals surface area contributed by atoms with Gasteiger partial charge >= 0.3 is 0 Å². The zero-order valence-corrected chi connectivity index (χ0v) is 7.75. The topological polar surface area (TPSA) is 23.8 Å². The standard InChI is InChI=1S/C11H8ClN/c12-11(8-13)7-3-5-9-4-1-2-6-10(9)11/h1-6H,7H2. The highest BCUT2D eigenvalue weighted by Crippen LogP contribution is 2.38. The van der Waals surface area contributed by atoms with Crippen LogP contribution in [-0.2, 0) is 4.87 Å². The van der Waals surface area contributed by atoms with E-state index in [0.717, 1.165) is 11.1 Å². The van der Waals surface area contributed by atoms with E-state index in [0.29, 0.717) is 6.42 Å². The molecule has 1 aliphatic rings. The number of hydrogen-bond donors (Lipinski definition) is 0. The summed E-state index contributed by atoms with van der Waals surface area (Å²) in [5.74, 6) is 0. The molecule has 1 aliphatic carbocycles. The third-order valence-corrected chi connectivity index (χ3v) is 2.70. The molecule has 0 N–H and O–H groups in total. The van der Waals surface area contributed by atoms with Gasteiger partial charge in [0.2, 0.25) is 0 Å². The molecule has 0 aromatic heterocycles. The van der Waals surface area contributed by atoms with Crippen LogP contribution < -0.4 is 0 Å². The average Bonchev–Trinajstić information content (AvgIpc) is 2.19. The zero-order valence-electron chi connectivity index (χ0n) is 7.00. The largest absolute Gasteiger partial charge is 0.196 e. The van der Waals surface area contributed by atoms with Crippen LogP contribution in [0.25, 0.3) is 6.08 Å². The van der Waals surface area contributed by atoms with E-state index in [2.05, 4.69) is 6.07 Å². The number of nitrogens with zero attached hydrogens (tertiary/aromatic N) is 1. The maximum atomic E-state index is 8.98. The Kier molecular flexibility index (Phi) is 1.86. The van der Waals surface area contributed by atoms with Crippen molar-refractivity contribution in [3.8, 4) is 6.07 Å². The maximum absolute atomic E-state index is 8.98. The fourth-order valence-corrected chi connectivity index (χ4v) is 1.83. The summed E-state index contributed by atoms with van der Waals surface area (Å²) < 4.78 is 0. The molecule has 0 spiro atoms. The van der Waals surface area contributed by atoms with Gasteiger partial charge in [-0.05, 0) is 11.1 Å². The predicted molar refractivity (Wildman–Crippen MR) is 53.2 cm³/mol. The summed E-state index contributed by atoms with van der Waals surface area (Å²) in [5, 5.41) is 8.98. The van der Waals surface area contributed by atoms with Crippen LogP contribution in [0.15, 0.2) is 30.3 Å². The van der Waals surface area contributed by atoms with Gasteiger partial charge < -0.3 is 0 Å². The van der Waals surface area contributed by atoms with E-state index < -0.39 is 4.87 Å². The smallest absolute Gasteiger partial charge is 0.159 e. The second kappa shape index (κ2) is 2.90. The van der Waals surface area contributed by atoms with Gasteiger partial charge in [0.05, 0.1) is 6.07 Å². The molecule has 64 valence electrons. The molecule has 13 heavy (non-hydrogen) atoms. The number of alkyl halides is 1. The van der Waals surface area contributed by atoms with Gasteiger partial charge in [0.1, 0.15) is 0 Å². The van der Waals surface area contributed by atoms with Crippen molar-refractivity contribution in [3.63, 3.8) is 0 Å². The van der Waals surface area contributed by atoms with Gasteiger partial charge in [-0.3, -0.25) is 0 Å². The molecule has 0 bridgehead atoms. The number of hydrogen-bond acceptors (Lipinski definition) is 1. The van der Waals surface area contributed by atoms with E-state index in [1.54, 1.807) is 0 Å². The number of fused-ring (bicyclic) bond motifs is 1. The molecule has 1 aromatic carbocycles. The van der Waals surface area contributed by atoms with Crippen LogP contribution in [-0.4, -0.2) is 0 Å². The third-order valence-electron chi connectivity index (χ3n) is 2.26. The maximum Gasteiger partial charge on any atom is 0.159 e. The van der Waals surface area contributed by atoms with Crippen molar-refractivity contribution in [3.05, 3.63) is 41.5 Å². The predicted octanol–water partition coefficient (Wildman–Crippen LogP) is 3.06. The number of allylic oxidation sites excluding steroid dienone is 1. The van der Waals surface area contributed by atoms with E-state index in [1.165, 1.54) is 0 Å². The van der Waals surface area contributed by atoms with Gasteiger partial charge in [-0.2, -0.15) is 5.26 Å². The van der Waals surface area contributed by atoms with Crippen molar-refractivity contribution in [1.29, 1.82) is 5.26 Å². The van der Waals surface area contributed by atoms with Crippen LogP contribution in [0.5, 0.6) is 0 Å². The van der Waals surface area contributed by atoms with E-state index >= 15 is 0 Å². The Morgan fingerprint density at radius 2 is 2.15 bits per heavy atom. The van der Waals surface area contributed by atoms with Crippen LogP contribution in [0.1, 0.15) is 17.5 Å². The third kappa shape index (κ3) is 1.24. The van der Waals surface area contributed by atoms with Gasteiger partial charge in [0.25, 0.3) is 0 Å². The van der Waals surface area contributed by atoms with E-state index in [-0.39, 0.29) is 0 Å². The van der Waals surface area contributed by atoms with Crippen LogP contribution in [0.4, 0.5) is 0 Å². The molecule has 0 aliphatic heterocycles. The summed E-state index contributed by atoms with van der Waals surface area (Å²) in [6, 6.07) is 9.89. The van der Waals surface area contributed by atoms with Gasteiger partial charge in [0, 0.05) is 6.42 Å². The first kappa shape index (κ1) is 8.34. The molecule has 0 saturated heterocycles. The zero-order chi connectivity index (χ0) is 9.31. The fourth-order valence-electron chi connectivity index (χ4n) is 1.57. The number of benzene rings is 1. The molecule has 0 amide bonds. The normalized spacial score (nSPS) is 24.9. The van der Waals surface area contributed by atoms with Gasteiger partial charge in [-0.25, -0.2) is 0 Å². The Bertz CT molecular complexity index is 403. The Morgan fingerprint density at radius 1 is 1.38 bits per heavy atom. The minimum absolute atomic E-state index is 0.585. The first-order valence-corrected chi connectivity index (χ1v) is 4.50. The highest BCUT2D eigenvalue weighted by atomic mass is 35.5. The monoisotopic (exact) mass is 189 g/mol. The summed E-state index contributed by atoms with van der Waals surface area (Å²) in [7, 11) is 0. The first-order chi connectivity index (χ1) is 6.26. The molecule has 0 fully saturated rings. The summed E-state index contributed by atoms with van der Waals surface area (Å²) in [6.45, 7) is 0. The highest BCUT2D eigenvalue weighted by molar-refractivity contribution is 6.26. The van der Waals surface area contributed by atoms with Crippen LogP contribution >= 0.6 is 11.6 Å². The van der Waals surface area contributed by atoms with Crippen molar-refractivity contribution in [2.75, 3.05) is 0 Å². The Balaban J connectivity index is 2.64.